The number of unbranched alkanes of at least 4 members (excludes halogenated alkanes) is 4. The van der Waals surface area contributed by atoms with Crippen LogP contribution in [0.2, 0.25) is 0 Å². The first-order valence-corrected chi connectivity index (χ1v) is 5.40. The molecule has 0 N–H and O–H groups in total. The zero-order chi connectivity index (χ0) is 9.36. The van der Waals surface area contributed by atoms with Crippen LogP contribution in [0.15, 0.2) is 36.5 Å². The van der Waals surface area contributed by atoms with Gasteiger partial charge in [0.2, 0.25) is 0 Å². The fourth-order valence-corrected chi connectivity index (χ4v) is 1.66. The fraction of sp³-hybridized carbons (Fsp3) is 0.538. The maximum absolute atomic E-state index is 3.72. The molecule has 1 aliphatic carbocycles. The maximum atomic E-state index is 3.72. The highest BCUT2D eigenvalue weighted by molar-refractivity contribution is 5.25. The van der Waals surface area contributed by atoms with E-state index in [1.807, 2.05) is 6.08 Å². The lowest BCUT2D eigenvalue weighted by atomic mass is 10.1. The van der Waals surface area contributed by atoms with Crippen molar-refractivity contribution in [2.75, 3.05) is 0 Å². The van der Waals surface area contributed by atoms with Crippen molar-refractivity contribution in [1.29, 1.82) is 0 Å². The minimum atomic E-state index is 1.16. The van der Waals surface area contributed by atoms with Gasteiger partial charge in [0.25, 0.3) is 0 Å². The van der Waals surface area contributed by atoms with Gasteiger partial charge in [-0.1, -0.05) is 42.7 Å². The van der Waals surface area contributed by atoms with Crippen LogP contribution in [0.5, 0.6) is 0 Å². The van der Waals surface area contributed by atoms with Gasteiger partial charge in [-0.25, -0.2) is 0 Å². The Bertz CT molecular complexity index is 196. The van der Waals surface area contributed by atoms with Crippen molar-refractivity contribution < 1.29 is 0 Å². The lowest BCUT2D eigenvalue weighted by Gasteiger charge is -1.99. The largest absolute Gasteiger partial charge is 0.103 e. The molecule has 0 aliphatic heterocycles. The number of rotatable bonds is 7. The van der Waals surface area contributed by atoms with Gasteiger partial charge in [-0.3, -0.25) is 0 Å². The Balaban J connectivity index is 1.89. The molecule has 0 heteroatoms. The van der Waals surface area contributed by atoms with Gasteiger partial charge in [0.1, 0.15) is 0 Å². The van der Waals surface area contributed by atoms with E-state index in [1.165, 1.54) is 38.5 Å². The summed E-state index contributed by atoms with van der Waals surface area (Å²) in [5.41, 5.74) is 1.55. The van der Waals surface area contributed by atoms with E-state index in [4.69, 9.17) is 0 Å². The van der Waals surface area contributed by atoms with Crippen molar-refractivity contribution in [2.45, 2.75) is 44.9 Å². The van der Waals surface area contributed by atoms with Gasteiger partial charge in [-0.05, 0) is 32.1 Å². The highest BCUT2D eigenvalue weighted by Crippen LogP contribution is 2.16. The molecule has 72 valence electrons. The summed E-state index contributed by atoms with van der Waals surface area (Å²) in [5, 5.41) is 0. The van der Waals surface area contributed by atoms with Gasteiger partial charge in [0, 0.05) is 0 Å². The molecule has 0 amide bonds. The smallest absolute Gasteiger partial charge is 0.0160 e. The minimum Gasteiger partial charge on any atom is -0.103 e. The predicted molar refractivity (Wildman–Crippen MR) is 59.7 cm³/mol. The molecule has 0 aromatic rings. The van der Waals surface area contributed by atoms with Crippen molar-refractivity contribution in [3.05, 3.63) is 36.5 Å². The average molecular weight is 176 g/mol. The van der Waals surface area contributed by atoms with Crippen molar-refractivity contribution in [1.82, 2.24) is 0 Å². The van der Waals surface area contributed by atoms with Gasteiger partial charge in [-0.2, -0.15) is 0 Å². The molecule has 0 unspecified atom stereocenters. The summed E-state index contributed by atoms with van der Waals surface area (Å²) in [6, 6.07) is 0. The van der Waals surface area contributed by atoms with Crippen LogP contribution in [0.1, 0.15) is 44.9 Å². The van der Waals surface area contributed by atoms with E-state index in [9.17, 15) is 0 Å². The van der Waals surface area contributed by atoms with Crippen LogP contribution in [0.25, 0.3) is 0 Å². The quantitative estimate of drug-likeness (QED) is 0.398. The summed E-state index contributed by atoms with van der Waals surface area (Å²) >= 11 is 0. The summed E-state index contributed by atoms with van der Waals surface area (Å²) in [5.74, 6) is 0. The van der Waals surface area contributed by atoms with E-state index in [0.717, 1.165) is 6.42 Å². The summed E-state index contributed by atoms with van der Waals surface area (Å²) in [7, 11) is 0. The maximum Gasteiger partial charge on any atom is -0.0160 e. The molecule has 0 heterocycles. The Morgan fingerprint density at radius 2 is 2.08 bits per heavy atom. The van der Waals surface area contributed by atoms with Crippen molar-refractivity contribution in [3.63, 3.8) is 0 Å². The molecule has 0 saturated carbocycles. The molecule has 0 bridgehead atoms. The normalized spacial score (nSPS) is 14.6. The molecule has 0 saturated heterocycles. The zero-order valence-corrected chi connectivity index (χ0v) is 8.47. The number of allylic oxidation sites excluding steroid dienone is 5. The minimum absolute atomic E-state index is 1.16. The number of hydrogen-bond acceptors (Lipinski definition) is 0. The third-order valence-corrected chi connectivity index (χ3v) is 2.47. The Labute approximate surface area is 82.0 Å². The van der Waals surface area contributed by atoms with Gasteiger partial charge < -0.3 is 0 Å². The van der Waals surface area contributed by atoms with E-state index in [-0.39, 0.29) is 0 Å². The van der Waals surface area contributed by atoms with Crippen molar-refractivity contribution >= 4 is 0 Å². The molecule has 0 radical (unpaired) electrons. The average Bonchev–Trinajstić information content (AvgIpc) is 2.63. The van der Waals surface area contributed by atoms with Gasteiger partial charge in [-0.15, -0.1) is 6.58 Å². The standard InChI is InChI=1S/C13H20/c1-2-3-4-5-6-7-10-13-11-8-9-12-13/h2,8,11-12H,1,3-7,9-10H2. The second-order valence-electron chi connectivity index (χ2n) is 3.66. The molecule has 0 fully saturated rings. The van der Waals surface area contributed by atoms with Crippen LogP contribution in [-0.4, -0.2) is 0 Å². The first-order valence-electron chi connectivity index (χ1n) is 5.40. The predicted octanol–water partition coefficient (Wildman–Crippen LogP) is 4.40. The van der Waals surface area contributed by atoms with E-state index >= 15 is 0 Å². The van der Waals surface area contributed by atoms with Crippen LogP contribution in [-0.2, 0) is 0 Å². The Hall–Kier alpha value is -0.780. The molecular formula is C13H20. The first kappa shape index (κ1) is 10.3. The first-order chi connectivity index (χ1) is 6.43. The SMILES string of the molecule is C=CCCCCCCC1=CCC=C1. The molecule has 0 spiro atoms. The van der Waals surface area contributed by atoms with Crippen LogP contribution >= 0.6 is 0 Å². The molecule has 0 aromatic heterocycles. The molecule has 0 aromatic carbocycles. The van der Waals surface area contributed by atoms with Crippen molar-refractivity contribution in [3.8, 4) is 0 Å². The van der Waals surface area contributed by atoms with Crippen LogP contribution < -0.4 is 0 Å². The molecule has 1 rings (SSSR count). The van der Waals surface area contributed by atoms with E-state index in [2.05, 4.69) is 24.8 Å². The molecular weight excluding hydrogens is 156 g/mol. The van der Waals surface area contributed by atoms with Gasteiger partial charge in [0.05, 0.1) is 0 Å². The van der Waals surface area contributed by atoms with E-state index < -0.39 is 0 Å². The third-order valence-electron chi connectivity index (χ3n) is 2.47. The van der Waals surface area contributed by atoms with Crippen LogP contribution in [0.4, 0.5) is 0 Å². The molecule has 0 atom stereocenters. The van der Waals surface area contributed by atoms with Gasteiger partial charge in [0.15, 0.2) is 0 Å². The highest BCUT2D eigenvalue weighted by Gasteiger charge is 1.96. The third kappa shape index (κ3) is 4.72. The van der Waals surface area contributed by atoms with Crippen molar-refractivity contribution in [2.24, 2.45) is 0 Å². The zero-order valence-electron chi connectivity index (χ0n) is 8.47. The van der Waals surface area contributed by atoms with Crippen LogP contribution in [0, 0.1) is 0 Å². The Morgan fingerprint density at radius 1 is 1.23 bits per heavy atom. The summed E-state index contributed by atoms with van der Waals surface area (Å²) < 4.78 is 0. The second-order valence-corrected chi connectivity index (χ2v) is 3.66. The Morgan fingerprint density at radius 3 is 2.77 bits per heavy atom. The highest BCUT2D eigenvalue weighted by atomic mass is 14.0. The summed E-state index contributed by atoms with van der Waals surface area (Å²) in [4.78, 5) is 0. The molecule has 0 nitrogen and oxygen atoms in total. The fourth-order valence-electron chi connectivity index (χ4n) is 1.66. The monoisotopic (exact) mass is 176 g/mol. The second kappa shape index (κ2) is 6.71. The number of hydrogen-bond donors (Lipinski definition) is 0. The van der Waals surface area contributed by atoms with Gasteiger partial charge >= 0.3 is 0 Å². The Kier molecular flexibility index (Phi) is 5.31. The van der Waals surface area contributed by atoms with Crippen LogP contribution in [0.3, 0.4) is 0 Å². The van der Waals surface area contributed by atoms with E-state index in [0.29, 0.717) is 0 Å². The summed E-state index contributed by atoms with van der Waals surface area (Å²) in [6.45, 7) is 3.72. The summed E-state index contributed by atoms with van der Waals surface area (Å²) in [6.07, 6.45) is 17.9. The molecule has 13 heavy (non-hydrogen) atoms. The molecule has 1 aliphatic rings. The lowest BCUT2D eigenvalue weighted by Crippen LogP contribution is -1.80. The lowest BCUT2D eigenvalue weighted by molar-refractivity contribution is 0.647. The van der Waals surface area contributed by atoms with E-state index in [1.54, 1.807) is 5.57 Å². The topological polar surface area (TPSA) is 0 Å².